The van der Waals surface area contributed by atoms with Gasteiger partial charge in [-0.25, -0.2) is 0 Å². The first-order chi connectivity index (χ1) is 7.79. The fraction of sp³-hybridized carbons (Fsp3) is 1.00. The molecule has 0 aromatic heterocycles. The Hall–Kier alpha value is 0.250. The second-order valence-electron chi connectivity index (χ2n) is 6.10. The van der Waals surface area contributed by atoms with Crippen molar-refractivity contribution in [3.05, 3.63) is 0 Å². The maximum Gasteiger partial charge on any atom is 0.0685 e. The number of hydrogen-bond donors (Lipinski definition) is 0. The molecule has 0 bridgehead atoms. The van der Waals surface area contributed by atoms with E-state index in [2.05, 4.69) is 0 Å². The number of halogens is 1. The Labute approximate surface area is 104 Å². The molecule has 0 aromatic rings. The molecule has 2 heteroatoms. The highest BCUT2D eigenvalue weighted by Gasteiger charge is 2.45. The van der Waals surface area contributed by atoms with Crippen molar-refractivity contribution < 1.29 is 4.74 Å². The Morgan fingerprint density at radius 3 is 2.50 bits per heavy atom. The molecule has 1 saturated heterocycles. The first-order valence-electron chi connectivity index (χ1n) is 7.07. The topological polar surface area (TPSA) is 9.23 Å². The fourth-order valence-electron chi connectivity index (χ4n) is 4.00. The van der Waals surface area contributed by atoms with Gasteiger partial charge in [0.05, 0.1) is 5.60 Å². The second kappa shape index (κ2) is 4.49. The zero-order valence-electron chi connectivity index (χ0n) is 10.1. The predicted octanol–water partition coefficient (Wildman–Crippen LogP) is 4.13. The quantitative estimate of drug-likeness (QED) is 0.629. The summed E-state index contributed by atoms with van der Waals surface area (Å²) in [6.45, 7) is 0.991. The van der Waals surface area contributed by atoms with Gasteiger partial charge in [0, 0.05) is 12.0 Å². The summed E-state index contributed by atoms with van der Waals surface area (Å²) >= 11 is 6.53. The average Bonchev–Trinajstić information content (AvgIpc) is 2.28. The molecular weight excluding hydrogens is 220 g/mol. The van der Waals surface area contributed by atoms with Crippen LogP contribution in [0.1, 0.15) is 57.8 Å². The van der Waals surface area contributed by atoms with Crippen molar-refractivity contribution in [3.8, 4) is 0 Å². The molecule has 16 heavy (non-hydrogen) atoms. The summed E-state index contributed by atoms with van der Waals surface area (Å²) in [5.74, 6) is 1.65. The van der Waals surface area contributed by atoms with E-state index in [-0.39, 0.29) is 0 Å². The summed E-state index contributed by atoms with van der Waals surface area (Å²) in [6, 6.07) is 0. The van der Waals surface area contributed by atoms with E-state index in [0.717, 1.165) is 18.4 Å². The highest BCUT2D eigenvalue weighted by molar-refractivity contribution is 6.20. The van der Waals surface area contributed by atoms with Crippen LogP contribution in [0.25, 0.3) is 0 Å². The van der Waals surface area contributed by atoms with Gasteiger partial charge in [0.2, 0.25) is 0 Å². The monoisotopic (exact) mass is 242 g/mol. The lowest BCUT2D eigenvalue weighted by atomic mass is 9.66. The number of hydrogen-bond acceptors (Lipinski definition) is 1. The Balaban J connectivity index is 1.64. The van der Waals surface area contributed by atoms with Gasteiger partial charge >= 0.3 is 0 Å². The van der Waals surface area contributed by atoms with Gasteiger partial charge in [0.1, 0.15) is 0 Å². The maximum absolute atomic E-state index is 6.53. The Kier molecular flexibility index (Phi) is 3.19. The van der Waals surface area contributed by atoms with Crippen molar-refractivity contribution in [1.82, 2.24) is 0 Å². The Morgan fingerprint density at radius 1 is 1.00 bits per heavy atom. The van der Waals surface area contributed by atoms with Gasteiger partial charge < -0.3 is 4.74 Å². The lowest BCUT2D eigenvalue weighted by Crippen LogP contribution is -2.48. The first kappa shape index (κ1) is 11.3. The van der Waals surface area contributed by atoms with Crippen LogP contribution in [0.2, 0.25) is 0 Å². The molecule has 0 aromatic carbocycles. The molecule has 0 radical (unpaired) electrons. The lowest BCUT2D eigenvalue weighted by molar-refractivity contribution is -0.151. The molecule has 2 saturated carbocycles. The third-order valence-electron chi connectivity index (χ3n) is 5.13. The second-order valence-corrected chi connectivity index (χ2v) is 6.66. The molecule has 1 heterocycles. The van der Waals surface area contributed by atoms with Crippen molar-refractivity contribution in [2.75, 3.05) is 6.61 Å². The van der Waals surface area contributed by atoms with Crippen LogP contribution >= 0.6 is 11.6 Å². The highest BCUT2D eigenvalue weighted by Crippen LogP contribution is 2.48. The molecule has 1 spiro atoms. The third kappa shape index (κ3) is 2.01. The summed E-state index contributed by atoms with van der Waals surface area (Å²) in [5.41, 5.74) is 0.303. The normalized spacial score (nSPS) is 42.9. The minimum absolute atomic E-state index is 0.303. The van der Waals surface area contributed by atoms with Crippen molar-refractivity contribution in [3.63, 3.8) is 0 Å². The van der Waals surface area contributed by atoms with Gasteiger partial charge in [-0.05, 0) is 56.8 Å². The number of ether oxygens (including phenoxy) is 1. The number of rotatable bonds is 1. The van der Waals surface area contributed by atoms with Gasteiger partial charge in [0.25, 0.3) is 0 Å². The van der Waals surface area contributed by atoms with E-state index in [4.69, 9.17) is 16.3 Å². The van der Waals surface area contributed by atoms with Crippen LogP contribution in [0.4, 0.5) is 0 Å². The van der Waals surface area contributed by atoms with Crippen molar-refractivity contribution in [2.45, 2.75) is 68.8 Å². The average molecular weight is 243 g/mol. The standard InChI is InChI=1S/C14H23ClO/c15-13-5-2-1-4-12(13)11-6-9-16-14(10-11)7-3-8-14/h11-13H,1-10H2. The van der Waals surface area contributed by atoms with Crippen LogP contribution in [0, 0.1) is 11.8 Å². The zero-order valence-corrected chi connectivity index (χ0v) is 10.8. The smallest absolute Gasteiger partial charge is 0.0685 e. The molecule has 1 nitrogen and oxygen atoms in total. The largest absolute Gasteiger partial charge is 0.375 e. The van der Waals surface area contributed by atoms with Crippen LogP contribution in [-0.4, -0.2) is 17.6 Å². The first-order valence-corrected chi connectivity index (χ1v) is 7.51. The molecular formula is C14H23ClO. The Bertz CT molecular complexity index is 249. The summed E-state index contributed by atoms with van der Waals surface area (Å²) in [5, 5.41) is 0.453. The highest BCUT2D eigenvalue weighted by atomic mass is 35.5. The SMILES string of the molecule is ClC1CCCCC1C1CCOC2(CCC2)C1. The molecule has 1 aliphatic heterocycles. The van der Waals surface area contributed by atoms with Crippen LogP contribution in [-0.2, 0) is 4.74 Å². The Morgan fingerprint density at radius 2 is 1.81 bits per heavy atom. The summed E-state index contributed by atoms with van der Waals surface area (Å²) in [6.07, 6.45) is 11.9. The van der Waals surface area contributed by atoms with Crippen LogP contribution in [0.15, 0.2) is 0 Å². The molecule has 3 fully saturated rings. The molecule has 3 atom stereocenters. The van der Waals surface area contributed by atoms with Gasteiger partial charge in [-0.2, -0.15) is 0 Å². The molecule has 3 rings (SSSR count). The summed E-state index contributed by atoms with van der Waals surface area (Å²) < 4.78 is 6.01. The minimum atomic E-state index is 0.303. The molecule has 2 aliphatic carbocycles. The van der Waals surface area contributed by atoms with E-state index in [1.165, 1.54) is 57.8 Å². The summed E-state index contributed by atoms with van der Waals surface area (Å²) in [7, 11) is 0. The van der Waals surface area contributed by atoms with Crippen LogP contribution < -0.4 is 0 Å². The zero-order chi connectivity index (χ0) is 11.0. The van der Waals surface area contributed by atoms with Crippen molar-refractivity contribution >= 4 is 11.6 Å². The molecule has 3 unspecified atom stereocenters. The van der Waals surface area contributed by atoms with E-state index >= 15 is 0 Å². The van der Waals surface area contributed by atoms with Crippen LogP contribution in [0.3, 0.4) is 0 Å². The molecule has 3 aliphatic rings. The fourth-order valence-corrected chi connectivity index (χ4v) is 4.48. The van der Waals surface area contributed by atoms with Gasteiger partial charge in [-0.3, -0.25) is 0 Å². The van der Waals surface area contributed by atoms with Gasteiger partial charge in [-0.1, -0.05) is 12.8 Å². The molecule has 92 valence electrons. The van der Waals surface area contributed by atoms with Crippen molar-refractivity contribution in [1.29, 1.82) is 0 Å². The van der Waals surface area contributed by atoms with E-state index < -0.39 is 0 Å². The lowest BCUT2D eigenvalue weighted by Gasteiger charge is -2.50. The maximum atomic E-state index is 6.53. The molecule has 0 N–H and O–H groups in total. The third-order valence-corrected chi connectivity index (χ3v) is 5.68. The summed E-state index contributed by atoms with van der Waals surface area (Å²) in [4.78, 5) is 0. The van der Waals surface area contributed by atoms with Crippen LogP contribution in [0.5, 0.6) is 0 Å². The van der Waals surface area contributed by atoms with Gasteiger partial charge in [-0.15, -0.1) is 11.6 Å². The van der Waals surface area contributed by atoms with E-state index in [9.17, 15) is 0 Å². The van der Waals surface area contributed by atoms with E-state index in [1.54, 1.807) is 0 Å². The molecule has 0 amide bonds. The van der Waals surface area contributed by atoms with E-state index in [0.29, 0.717) is 11.0 Å². The predicted molar refractivity (Wildman–Crippen MR) is 66.9 cm³/mol. The van der Waals surface area contributed by atoms with E-state index in [1.807, 2.05) is 0 Å². The van der Waals surface area contributed by atoms with Crippen molar-refractivity contribution in [2.24, 2.45) is 11.8 Å². The number of alkyl halides is 1. The van der Waals surface area contributed by atoms with Gasteiger partial charge in [0.15, 0.2) is 0 Å². The minimum Gasteiger partial charge on any atom is -0.375 e.